The third-order valence-electron chi connectivity index (χ3n) is 3.87. The van der Waals surface area contributed by atoms with Crippen molar-refractivity contribution in [2.45, 2.75) is 6.92 Å². The number of nitrogen functional groups attached to an aromatic ring is 2. The molecule has 0 bridgehead atoms. The molecule has 1 aromatic carbocycles. The number of nitriles is 2. The van der Waals surface area contributed by atoms with Gasteiger partial charge in [0.1, 0.15) is 40.9 Å². The van der Waals surface area contributed by atoms with E-state index in [1.54, 1.807) is 37.3 Å². The molecule has 0 fully saturated rings. The Hall–Kier alpha value is -4.04. The van der Waals surface area contributed by atoms with Crippen molar-refractivity contribution in [3.05, 3.63) is 61.7 Å². The van der Waals surface area contributed by atoms with Gasteiger partial charge in [-0.15, -0.1) is 0 Å². The molecule has 25 heavy (non-hydrogen) atoms. The molecule has 8 heteroatoms. The number of fused-ring (bicyclic) bond motifs is 1. The van der Waals surface area contributed by atoms with Crippen LogP contribution in [0.15, 0.2) is 38.5 Å². The second-order valence-corrected chi connectivity index (χ2v) is 5.39. The molecule has 0 atom stereocenters. The Morgan fingerprint density at radius 3 is 2.48 bits per heavy atom. The van der Waals surface area contributed by atoms with Crippen LogP contribution in [0.5, 0.6) is 0 Å². The molecule has 0 amide bonds. The zero-order valence-corrected chi connectivity index (χ0v) is 13.0. The topological polar surface area (TPSA) is 152 Å². The van der Waals surface area contributed by atoms with Crippen LogP contribution in [0.1, 0.15) is 16.7 Å². The number of anilines is 1. The molecule has 2 heterocycles. The lowest BCUT2D eigenvalue weighted by Crippen LogP contribution is -2.33. The minimum Gasteiger partial charge on any atom is -0.463 e. The van der Waals surface area contributed by atoms with Crippen molar-refractivity contribution in [3.8, 4) is 23.3 Å². The Bertz CT molecular complexity index is 1240. The highest BCUT2D eigenvalue weighted by Gasteiger charge is 2.24. The molecule has 3 aromatic rings. The fraction of sp³-hybridized carbons (Fsp3) is 0.0588. The molecule has 0 saturated carbocycles. The van der Waals surface area contributed by atoms with Crippen molar-refractivity contribution in [1.29, 1.82) is 10.5 Å². The number of nitrogens with zero attached hydrogens (tertiary/aromatic N) is 3. The average Bonchev–Trinajstić information content (AvgIpc) is 2.60. The predicted molar refractivity (Wildman–Crippen MR) is 90.9 cm³/mol. The monoisotopic (exact) mass is 333 g/mol. The zero-order chi connectivity index (χ0) is 18.3. The number of rotatable bonds is 1. The van der Waals surface area contributed by atoms with E-state index in [4.69, 9.17) is 16.0 Å². The Kier molecular flexibility index (Phi) is 3.52. The van der Waals surface area contributed by atoms with Crippen molar-refractivity contribution in [3.63, 3.8) is 0 Å². The fourth-order valence-electron chi connectivity index (χ4n) is 2.61. The number of nitrogens with two attached hydrogens (primary N) is 2. The summed E-state index contributed by atoms with van der Waals surface area (Å²) in [5.41, 5.74) is 4.54. The van der Waals surface area contributed by atoms with Crippen LogP contribution in [0.4, 0.5) is 5.82 Å². The first kappa shape index (κ1) is 15.8. The van der Waals surface area contributed by atoms with Crippen molar-refractivity contribution < 1.29 is 4.42 Å². The first-order valence-corrected chi connectivity index (χ1v) is 7.07. The third kappa shape index (κ3) is 2.21. The highest BCUT2D eigenvalue weighted by molar-refractivity contribution is 5.86. The van der Waals surface area contributed by atoms with Gasteiger partial charge in [-0.05, 0) is 19.1 Å². The molecule has 0 radical (unpaired) electrons. The largest absolute Gasteiger partial charge is 0.463 e. The lowest BCUT2D eigenvalue weighted by Gasteiger charge is -2.12. The quantitative estimate of drug-likeness (QED) is 0.629. The number of hydrogen-bond acceptors (Lipinski definition) is 7. The molecular weight excluding hydrogens is 322 g/mol. The van der Waals surface area contributed by atoms with Gasteiger partial charge in [0.2, 0.25) is 5.43 Å². The van der Waals surface area contributed by atoms with E-state index in [0.29, 0.717) is 10.3 Å². The minimum atomic E-state index is -0.905. The van der Waals surface area contributed by atoms with Gasteiger partial charge in [0.25, 0.3) is 5.56 Å². The van der Waals surface area contributed by atoms with Gasteiger partial charge < -0.3 is 16.0 Å². The molecule has 0 aliphatic rings. The van der Waals surface area contributed by atoms with Crippen molar-refractivity contribution in [2.75, 3.05) is 11.6 Å². The number of aromatic nitrogens is 1. The van der Waals surface area contributed by atoms with Crippen LogP contribution in [0.3, 0.4) is 0 Å². The maximum Gasteiger partial charge on any atom is 0.289 e. The van der Waals surface area contributed by atoms with Crippen LogP contribution >= 0.6 is 0 Å². The van der Waals surface area contributed by atoms with Crippen LogP contribution in [0.2, 0.25) is 0 Å². The van der Waals surface area contributed by atoms with Crippen LogP contribution in [0.25, 0.3) is 22.1 Å². The molecule has 8 nitrogen and oxygen atoms in total. The molecule has 3 rings (SSSR count). The lowest BCUT2D eigenvalue weighted by atomic mass is 9.96. The summed E-state index contributed by atoms with van der Waals surface area (Å²) in [5, 5.41) is 19.0. The molecule has 0 saturated heterocycles. The molecular formula is C17H11N5O3. The van der Waals surface area contributed by atoms with Gasteiger partial charge in [-0.3, -0.25) is 9.59 Å². The molecule has 2 aromatic heterocycles. The van der Waals surface area contributed by atoms with Gasteiger partial charge in [-0.2, -0.15) is 10.5 Å². The highest BCUT2D eigenvalue weighted by Crippen LogP contribution is 2.28. The van der Waals surface area contributed by atoms with Crippen LogP contribution in [-0.2, 0) is 0 Å². The Balaban J connectivity index is 2.55. The fourth-order valence-corrected chi connectivity index (χ4v) is 2.61. The summed E-state index contributed by atoms with van der Waals surface area (Å²) in [6, 6.07) is 8.52. The van der Waals surface area contributed by atoms with E-state index in [0.717, 1.165) is 11.8 Å². The first-order chi connectivity index (χ1) is 11.9. The number of pyridine rings is 1. The smallest absolute Gasteiger partial charge is 0.289 e. The molecule has 0 unspecified atom stereocenters. The van der Waals surface area contributed by atoms with Crippen molar-refractivity contribution in [2.24, 2.45) is 0 Å². The lowest BCUT2D eigenvalue weighted by molar-refractivity contribution is 0.604. The van der Waals surface area contributed by atoms with E-state index in [1.165, 1.54) is 0 Å². The standard InChI is InChI=1S/C17H11N5O3/c1-8-2-3-13-9(4-8)15(23)12(7-25-13)14-10(5-18)16(20)22(21)17(24)11(14)6-19/h2-4,7H,20-21H2,1H3. The Morgan fingerprint density at radius 2 is 1.84 bits per heavy atom. The maximum atomic E-state index is 12.9. The normalized spacial score (nSPS) is 10.4. The number of benzene rings is 1. The molecule has 0 spiro atoms. The predicted octanol–water partition coefficient (Wildman–Crippen LogP) is 0.969. The summed E-state index contributed by atoms with van der Waals surface area (Å²) in [6.45, 7) is 1.81. The van der Waals surface area contributed by atoms with Gasteiger partial charge in [0, 0.05) is 5.56 Å². The summed E-state index contributed by atoms with van der Waals surface area (Å²) in [7, 11) is 0. The summed E-state index contributed by atoms with van der Waals surface area (Å²) < 4.78 is 5.95. The van der Waals surface area contributed by atoms with Gasteiger partial charge in [-0.25, -0.2) is 4.68 Å². The molecule has 122 valence electrons. The van der Waals surface area contributed by atoms with Gasteiger partial charge in [-0.1, -0.05) is 11.6 Å². The summed E-state index contributed by atoms with van der Waals surface area (Å²) in [5.74, 6) is 5.16. The van der Waals surface area contributed by atoms with Crippen molar-refractivity contribution >= 4 is 16.8 Å². The van der Waals surface area contributed by atoms with E-state index in [9.17, 15) is 20.1 Å². The maximum absolute atomic E-state index is 12.9. The van der Waals surface area contributed by atoms with Crippen molar-refractivity contribution in [1.82, 2.24) is 4.68 Å². The third-order valence-corrected chi connectivity index (χ3v) is 3.87. The Morgan fingerprint density at radius 1 is 1.16 bits per heavy atom. The van der Waals surface area contributed by atoms with Crippen LogP contribution in [-0.4, -0.2) is 4.68 Å². The van der Waals surface area contributed by atoms with Crippen LogP contribution in [0, 0.1) is 29.6 Å². The van der Waals surface area contributed by atoms with E-state index in [-0.39, 0.29) is 27.9 Å². The SMILES string of the molecule is Cc1ccc2occ(-c3c(C#N)c(N)n(N)c(=O)c3C#N)c(=O)c2c1. The highest BCUT2D eigenvalue weighted by atomic mass is 16.3. The average molecular weight is 333 g/mol. The first-order valence-electron chi connectivity index (χ1n) is 7.07. The number of aryl methyl sites for hydroxylation is 1. The Labute approximate surface area is 140 Å². The van der Waals surface area contributed by atoms with Crippen LogP contribution < -0.4 is 22.6 Å². The number of hydrogen-bond donors (Lipinski definition) is 2. The molecule has 4 N–H and O–H groups in total. The van der Waals surface area contributed by atoms with Gasteiger partial charge in [0.15, 0.2) is 0 Å². The van der Waals surface area contributed by atoms with E-state index in [2.05, 4.69) is 0 Å². The second kappa shape index (κ2) is 5.55. The summed E-state index contributed by atoms with van der Waals surface area (Å²) in [6.07, 6.45) is 1.11. The van der Waals surface area contributed by atoms with E-state index >= 15 is 0 Å². The minimum absolute atomic E-state index is 0.101. The second-order valence-electron chi connectivity index (χ2n) is 5.39. The van der Waals surface area contributed by atoms with E-state index < -0.39 is 16.6 Å². The molecule has 0 aliphatic carbocycles. The summed E-state index contributed by atoms with van der Waals surface area (Å²) >= 11 is 0. The van der Waals surface area contributed by atoms with Gasteiger partial charge >= 0.3 is 0 Å². The van der Waals surface area contributed by atoms with Gasteiger partial charge in [0.05, 0.1) is 10.9 Å². The molecule has 0 aliphatic heterocycles. The van der Waals surface area contributed by atoms with E-state index in [1.807, 2.05) is 0 Å². The zero-order valence-electron chi connectivity index (χ0n) is 13.0. The summed E-state index contributed by atoms with van der Waals surface area (Å²) in [4.78, 5) is 25.1.